The normalized spacial score (nSPS) is 20.1. The molecule has 2 aromatic rings. The van der Waals surface area contributed by atoms with Gasteiger partial charge in [-0.15, -0.1) is 11.3 Å². The molecule has 0 aromatic carbocycles. The first kappa shape index (κ1) is 18.1. The van der Waals surface area contributed by atoms with Gasteiger partial charge in [0.25, 0.3) is 0 Å². The molecule has 4 rings (SSSR count). The summed E-state index contributed by atoms with van der Waals surface area (Å²) in [6, 6.07) is 3.79. The number of rotatable bonds is 4. The van der Waals surface area contributed by atoms with Crippen molar-refractivity contribution >= 4 is 28.3 Å². The molecule has 0 spiro atoms. The van der Waals surface area contributed by atoms with E-state index in [9.17, 15) is 9.59 Å². The lowest BCUT2D eigenvalue weighted by Crippen LogP contribution is -2.28. The van der Waals surface area contributed by atoms with Gasteiger partial charge in [0.05, 0.1) is 11.6 Å². The molecule has 2 aromatic heterocycles. The molecule has 0 saturated carbocycles. The first-order valence-corrected chi connectivity index (χ1v) is 10.5. The number of amides is 2. The van der Waals surface area contributed by atoms with Gasteiger partial charge in [-0.3, -0.25) is 14.6 Å². The summed E-state index contributed by atoms with van der Waals surface area (Å²) in [5.41, 5.74) is 2.18. The van der Waals surface area contributed by atoms with Gasteiger partial charge in [0, 0.05) is 36.8 Å². The smallest absolute Gasteiger partial charge is 0.231 e. The summed E-state index contributed by atoms with van der Waals surface area (Å²) < 4.78 is 0. The van der Waals surface area contributed by atoms with Gasteiger partial charge in [-0.25, -0.2) is 4.98 Å². The Morgan fingerprint density at radius 2 is 1.96 bits per heavy atom. The van der Waals surface area contributed by atoms with Crippen LogP contribution in [0.25, 0.3) is 0 Å². The van der Waals surface area contributed by atoms with Crippen molar-refractivity contribution in [2.45, 2.75) is 51.5 Å². The highest BCUT2D eigenvalue weighted by Gasteiger charge is 2.34. The average molecular weight is 385 g/mol. The quantitative estimate of drug-likeness (QED) is 0.878. The fourth-order valence-electron chi connectivity index (χ4n) is 3.78. The Hall–Kier alpha value is -2.28. The van der Waals surface area contributed by atoms with Gasteiger partial charge >= 0.3 is 0 Å². The maximum absolute atomic E-state index is 12.7. The molecule has 1 unspecified atom stereocenters. The number of fused-ring (bicyclic) bond motifs is 1. The molecule has 1 saturated heterocycles. The average Bonchev–Trinajstić information content (AvgIpc) is 3.19. The van der Waals surface area contributed by atoms with Crippen LogP contribution < -0.4 is 5.32 Å². The summed E-state index contributed by atoms with van der Waals surface area (Å²) in [7, 11) is 0. The zero-order chi connectivity index (χ0) is 18.6. The summed E-state index contributed by atoms with van der Waals surface area (Å²) in [5, 5.41) is 3.65. The topological polar surface area (TPSA) is 75.2 Å². The van der Waals surface area contributed by atoms with Crippen LogP contribution in [-0.4, -0.2) is 33.2 Å². The molecular formula is C20H24N4O2S. The maximum atomic E-state index is 12.7. The van der Waals surface area contributed by atoms with E-state index in [0.29, 0.717) is 18.2 Å². The van der Waals surface area contributed by atoms with Crippen molar-refractivity contribution in [3.05, 3.63) is 40.7 Å². The SMILES string of the molecule is O=C(Nc1nc2c(s1)CCCCCC2)C1CC(=O)N(Cc2ccncc2)C1. The fraction of sp³-hybridized carbons (Fsp3) is 0.500. The number of nitrogens with one attached hydrogen (secondary N) is 1. The van der Waals surface area contributed by atoms with E-state index in [0.717, 1.165) is 24.1 Å². The van der Waals surface area contributed by atoms with E-state index in [4.69, 9.17) is 0 Å². The Balaban J connectivity index is 1.37. The number of carbonyl (C=O) groups excluding carboxylic acids is 2. The van der Waals surface area contributed by atoms with Crippen molar-refractivity contribution in [1.29, 1.82) is 0 Å². The van der Waals surface area contributed by atoms with Crippen LogP contribution in [0.4, 0.5) is 5.13 Å². The molecule has 1 fully saturated rings. The predicted octanol–water partition coefficient (Wildman–Crippen LogP) is 3.18. The Bertz CT molecular complexity index is 795. The van der Waals surface area contributed by atoms with E-state index in [1.807, 2.05) is 12.1 Å². The van der Waals surface area contributed by atoms with Crippen molar-refractivity contribution in [3.8, 4) is 0 Å². The monoisotopic (exact) mass is 384 g/mol. The van der Waals surface area contributed by atoms with E-state index < -0.39 is 0 Å². The predicted molar refractivity (Wildman–Crippen MR) is 104 cm³/mol. The molecule has 7 heteroatoms. The Morgan fingerprint density at radius 3 is 2.78 bits per heavy atom. The first-order valence-electron chi connectivity index (χ1n) is 9.65. The number of aromatic nitrogens is 2. The lowest BCUT2D eigenvalue weighted by atomic mass is 10.0. The number of thiazole rings is 1. The van der Waals surface area contributed by atoms with Gasteiger partial charge in [-0.1, -0.05) is 12.8 Å². The van der Waals surface area contributed by atoms with E-state index >= 15 is 0 Å². The highest BCUT2D eigenvalue weighted by molar-refractivity contribution is 7.15. The van der Waals surface area contributed by atoms with Crippen molar-refractivity contribution in [2.75, 3.05) is 11.9 Å². The molecule has 1 aliphatic heterocycles. The number of carbonyl (C=O) groups is 2. The van der Waals surface area contributed by atoms with Crippen molar-refractivity contribution in [2.24, 2.45) is 5.92 Å². The third-order valence-corrected chi connectivity index (χ3v) is 6.36. The Morgan fingerprint density at radius 1 is 1.19 bits per heavy atom. The summed E-state index contributed by atoms with van der Waals surface area (Å²) in [5.74, 6) is -0.383. The minimum Gasteiger partial charge on any atom is -0.338 e. The highest BCUT2D eigenvalue weighted by Crippen LogP contribution is 2.29. The second kappa shape index (κ2) is 8.17. The lowest BCUT2D eigenvalue weighted by molar-refractivity contribution is -0.128. The minimum absolute atomic E-state index is 0.0263. The second-order valence-electron chi connectivity index (χ2n) is 7.32. The molecule has 27 heavy (non-hydrogen) atoms. The van der Waals surface area contributed by atoms with Crippen molar-refractivity contribution in [1.82, 2.24) is 14.9 Å². The van der Waals surface area contributed by atoms with E-state index in [1.165, 1.54) is 30.6 Å². The van der Waals surface area contributed by atoms with E-state index in [2.05, 4.69) is 15.3 Å². The Kier molecular flexibility index (Phi) is 5.48. The third kappa shape index (κ3) is 4.35. The fourth-order valence-corrected chi connectivity index (χ4v) is 4.83. The molecule has 1 atom stereocenters. The van der Waals surface area contributed by atoms with Crippen LogP contribution in [-0.2, 0) is 29.0 Å². The van der Waals surface area contributed by atoms with Gasteiger partial charge in [0.15, 0.2) is 5.13 Å². The first-order chi connectivity index (χ1) is 13.2. The highest BCUT2D eigenvalue weighted by atomic mass is 32.1. The number of aryl methyl sites for hydroxylation is 2. The standard InChI is InChI=1S/C20H24N4O2S/c25-18-11-15(13-24(18)12-14-7-9-21-10-8-14)19(26)23-20-22-16-5-3-1-2-4-6-17(16)27-20/h7-10,15H,1-6,11-13H2,(H,22,23,26). The molecule has 0 bridgehead atoms. The molecule has 2 amide bonds. The van der Waals surface area contributed by atoms with E-state index in [1.54, 1.807) is 28.6 Å². The Labute approximate surface area is 163 Å². The van der Waals surface area contributed by atoms with Gasteiger partial charge in [-0.05, 0) is 43.4 Å². The largest absolute Gasteiger partial charge is 0.338 e. The number of anilines is 1. The summed E-state index contributed by atoms with van der Waals surface area (Å²) in [6.45, 7) is 0.981. The molecule has 1 N–H and O–H groups in total. The van der Waals surface area contributed by atoms with Crippen LogP contribution >= 0.6 is 11.3 Å². The van der Waals surface area contributed by atoms with Gasteiger partial charge in [0.1, 0.15) is 0 Å². The molecule has 1 aliphatic carbocycles. The van der Waals surface area contributed by atoms with Crippen molar-refractivity contribution < 1.29 is 9.59 Å². The van der Waals surface area contributed by atoms with Crippen LogP contribution in [0.5, 0.6) is 0 Å². The van der Waals surface area contributed by atoms with Gasteiger partial charge < -0.3 is 10.2 Å². The van der Waals surface area contributed by atoms with Crippen molar-refractivity contribution in [3.63, 3.8) is 0 Å². The summed E-state index contributed by atoms with van der Waals surface area (Å²) in [6.07, 6.45) is 10.7. The zero-order valence-electron chi connectivity index (χ0n) is 15.3. The minimum atomic E-state index is -0.314. The molecule has 6 nitrogen and oxygen atoms in total. The van der Waals surface area contributed by atoms with Crippen LogP contribution in [0.15, 0.2) is 24.5 Å². The third-order valence-electron chi connectivity index (χ3n) is 5.28. The second-order valence-corrected chi connectivity index (χ2v) is 8.41. The molecular weight excluding hydrogens is 360 g/mol. The number of nitrogens with zero attached hydrogens (tertiary/aromatic N) is 3. The number of hydrogen-bond donors (Lipinski definition) is 1. The van der Waals surface area contributed by atoms with Gasteiger partial charge in [0.2, 0.25) is 11.8 Å². The number of likely N-dealkylation sites (tertiary alicyclic amines) is 1. The molecule has 2 aliphatic rings. The van der Waals surface area contributed by atoms with Crippen LogP contribution in [0.3, 0.4) is 0 Å². The van der Waals surface area contributed by atoms with Crippen LogP contribution in [0.1, 0.15) is 48.2 Å². The van der Waals surface area contributed by atoms with Gasteiger partial charge in [-0.2, -0.15) is 0 Å². The maximum Gasteiger partial charge on any atom is 0.231 e. The summed E-state index contributed by atoms with van der Waals surface area (Å²) in [4.78, 5) is 36.7. The number of pyridine rings is 1. The summed E-state index contributed by atoms with van der Waals surface area (Å²) >= 11 is 1.60. The van der Waals surface area contributed by atoms with Crippen LogP contribution in [0, 0.1) is 5.92 Å². The number of hydrogen-bond acceptors (Lipinski definition) is 5. The molecule has 142 valence electrons. The van der Waals surface area contributed by atoms with E-state index in [-0.39, 0.29) is 24.2 Å². The zero-order valence-corrected chi connectivity index (χ0v) is 16.1. The lowest BCUT2D eigenvalue weighted by Gasteiger charge is -2.16. The van der Waals surface area contributed by atoms with Crippen LogP contribution in [0.2, 0.25) is 0 Å². The molecule has 0 radical (unpaired) electrons. The molecule has 3 heterocycles.